The normalized spacial score (nSPS) is 28.4. The van der Waals surface area contributed by atoms with Crippen LogP contribution in [0.4, 0.5) is 0 Å². The summed E-state index contributed by atoms with van der Waals surface area (Å²) in [5.41, 5.74) is -2.72. The summed E-state index contributed by atoms with van der Waals surface area (Å²) >= 11 is 0. The summed E-state index contributed by atoms with van der Waals surface area (Å²) in [6.45, 7) is 8.64. The van der Waals surface area contributed by atoms with Gasteiger partial charge in [-0.25, -0.2) is 4.89 Å². The van der Waals surface area contributed by atoms with Gasteiger partial charge in [0.1, 0.15) is 5.60 Å². The maximum absolute atomic E-state index is 10.4. The van der Waals surface area contributed by atoms with Crippen LogP contribution >= 0.6 is 0 Å². The summed E-state index contributed by atoms with van der Waals surface area (Å²) in [6, 6.07) is 0. The smallest absolute Gasteiger partial charge is 0.136 e. The third-order valence-electron chi connectivity index (χ3n) is 3.73. The second-order valence-corrected chi connectivity index (χ2v) is 6.39. The molecule has 110 valence electrons. The van der Waals surface area contributed by atoms with Crippen LogP contribution in [0, 0.1) is 5.92 Å². The summed E-state index contributed by atoms with van der Waals surface area (Å²) in [4.78, 5) is 4.86. The van der Waals surface area contributed by atoms with Crippen molar-refractivity contribution in [3.63, 3.8) is 0 Å². The first-order chi connectivity index (χ1) is 8.59. The number of hydrogen-bond donors (Lipinski definition) is 3. The molecule has 0 fully saturated rings. The van der Waals surface area contributed by atoms with Gasteiger partial charge < -0.3 is 10.2 Å². The number of aliphatic hydroxyl groups is 2. The molecule has 0 heterocycles. The molecule has 0 bridgehead atoms. The number of rotatable bonds is 5. The predicted molar refractivity (Wildman–Crippen MR) is 74.7 cm³/mol. The average molecular weight is 270 g/mol. The first kappa shape index (κ1) is 16.4. The van der Waals surface area contributed by atoms with Crippen LogP contribution in [0.5, 0.6) is 0 Å². The Hall–Kier alpha value is -0.680. The SMILES string of the molecule is CCCC1(OO)C(C(C)(C)O)=CC=CC1C(C)(C)O. The second kappa shape index (κ2) is 5.37. The zero-order valence-electron chi connectivity index (χ0n) is 12.5. The van der Waals surface area contributed by atoms with Crippen molar-refractivity contribution in [2.45, 2.75) is 64.3 Å². The molecule has 0 aromatic carbocycles. The fourth-order valence-corrected chi connectivity index (χ4v) is 3.07. The van der Waals surface area contributed by atoms with Gasteiger partial charge in [-0.1, -0.05) is 31.6 Å². The third kappa shape index (κ3) is 3.08. The Morgan fingerprint density at radius 3 is 2.21 bits per heavy atom. The average Bonchev–Trinajstić information content (AvgIpc) is 2.26. The fraction of sp³-hybridized carbons (Fsp3) is 0.733. The first-order valence-electron chi connectivity index (χ1n) is 6.76. The van der Waals surface area contributed by atoms with Crippen LogP contribution in [0.2, 0.25) is 0 Å². The molecule has 4 nitrogen and oxygen atoms in total. The molecule has 1 aliphatic rings. The molecule has 0 aromatic heterocycles. The molecule has 2 atom stereocenters. The largest absolute Gasteiger partial charge is 0.390 e. The van der Waals surface area contributed by atoms with E-state index in [0.29, 0.717) is 12.0 Å². The Morgan fingerprint density at radius 1 is 1.26 bits per heavy atom. The molecular weight excluding hydrogens is 244 g/mol. The van der Waals surface area contributed by atoms with E-state index in [2.05, 4.69) is 0 Å². The van der Waals surface area contributed by atoms with Crippen LogP contribution < -0.4 is 0 Å². The standard InChI is InChI=1S/C15H26O4/c1-6-10-15(19-18)11(13(2,3)16)8-7-9-12(15)14(4,5)17/h7-9,11,16-18H,6,10H2,1-5H3. The Kier molecular flexibility index (Phi) is 4.62. The van der Waals surface area contributed by atoms with Gasteiger partial charge in [0, 0.05) is 5.92 Å². The van der Waals surface area contributed by atoms with Gasteiger partial charge in [0.25, 0.3) is 0 Å². The van der Waals surface area contributed by atoms with Crippen LogP contribution in [0.15, 0.2) is 23.8 Å². The van der Waals surface area contributed by atoms with Crippen molar-refractivity contribution >= 4 is 0 Å². The molecule has 1 aliphatic carbocycles. The molecular formula is C15H26O4. The molecule has 0 spiro atoms. The van der Waals surface area contributed by atoms with Crippen molar-refractivity contribution in [2.75, 3.05) is 0 Å². The van der Waals surface area contributed by atoms with Gasteiger partial charge in [-0.15, -0.1) is 0 Å². The van der Waals surface area contributed by atoms with Crippen LogP contribution in [0.25, 0.3) is 0 Å². The van der Waals surface area contributed by atoms with E-state index in [9.17, 15) is 15.5 Å². The van der Waals surface area contributed by atoms with Crippen LogP contribution in [0.1, 0.15) is 47.5 Å². The summed E-state index contributed by atoms with van der Waals surface area (Å²) in [5, 5.41) is 30.3. The van der Waals surface area contributed by atoms with Crippen LogP contribution in [-0.2, 0) is 4.89 Å². The molecule has 0 amide bonds. The molecule has 4 heteroatoms. The quantitative estimate of drug-likeness (QED) is 0.530. The molecule has 0 saturated carbocycles. The van der Waals surface area contributed by atoms with Crippen molar-refractivity contribution in [1.29, 1.82) is 0 Å². The summed E-state index contributed by atoms with van der Waals surface area (Å²) < 4.78 is 0. The fourth-order valence-electron chi connectivity index (χ4n) is 3.07. The van der Waals surface area contributed by atoms with E-state index in [0.717, 1.165) is 6.42 Å². The van der Waals surface area contributed by atoms with E-state index in [1.807, 2.05) is 13.0 Å². The molecule has 1 rings (SSSR count). The monoisotopic (exact) mass is 270 g/mol. The minimum Gasteiger partial charge on any atom is -0.390 e. The zero-order chi connectivity index (χ0) is 14.9. The Balaban J connectivity index is 3.39. The third-order valence-corrected chi connectivity index (χ3v) is 3.73. The highest BCUT2D eigenvalue weighted by Gasteiger charge is 2.52. The number of allylic oxidation sites excluding steroid dienone is 2. The zero-order valence-corrected chi connectivity index (χ0v) is 12.5. The predicted octanol–water partition coefficient (Wildman–Crippen LogP) is 2.67. The van der Waals surface area contributed by atoms with Gasteiger partial charge >= 0.3 is 0 Å². The van der Waals surface area contributed by atoms with Gasteiger partial charge in [0.05, 0.1) is 11.2 Å². The minimum absolute atomic E-state index is 0.434. The van der Waals surface area contributed by atoms with Gasteiger partial charge in [0.2, 0.25) is 0 Å². The Labute approximate surface area is 115 Å². The lowest BCUT2D eigenvalue weighted by Gasteiger charge is -2.48. The summed E-state index contributed by atoms with van der Waals surface area (Å²) in [6.07, 6.45) is 6.64. The molecule has 19 heavy (non-hydrogen) atoms. The number of hydrogen-bond acceptors (Lipinski definition) is 4. The Morgan fingerprint density at radius 2 is 1.84 bits per heavy atom. The van der Waals surface area contributed by atoms with E-state index in [-0.39, 0.29) is 0 Å². The highest BCUT2D eigenvalue weighted by molar-refractivity contribution is 5.37. The van der Waals surface area contributed by atoms with Crippen molar-refractivity contribution in [3.8, 4) is 0 Å². The lowest BCUT2D eigenvalue weighted by atomic mass is 9.65. The van der Waals surface area contributed by atoms with E-state index in [1.165, 1.54) is 0 Å². The van der Waals surface area contributed by atoms with Gasteiger partial charge in [0.15, 0.2) is 0 Å². The van der Waals surface area contributed by atoms with Crippen molar-refractivity contribution in [2.24, 2.45) is 5.92 Å². The highest BCUT2D eigenvalue weighted by Crippen LogP contribution is 2.46. The van der Waals surface area contributed by atoms with Gasteiger partial charge in [-0.05, 0) is 39.7 Å². The van der Waals surface area contributed by atoms with Gasteiger partial charge in [-0.2, -0.15) is 0 Å². The highest BCUT2D eigenvalue weighted by atomic mass is 17.1. The molecule has 2 unspecified atom stereocenters. The maximum Gasteiger partial charge on any atom is 0.136 e. The van der Waals surface area contributed by atoms with E-state index in [1.54, 1.807) is 39.8 Å². The second-order valence-electron chi connectivity index (χ2n) is 6.39. The van der Waals surface area contributed by atoms with E-state index >= 15 is 0 Å². The summed E-state index contributed by atoms with van der Waals surface area (Å²) in [7, 11) is 0. The van der Waals surface area contributed by atoms with Crippen LogP contribution in [0.3, 0.4) is 0 Å². The summed E-state index contributed by atoms with van der Waals surface area (Å²) in [5.74, 6) is -0.434. The molecule has 0 aromatic rings. The first-order valence-corrected chi connectivity index (χ1v) is 6.76. The van der Waals surface area contributed by atoms with Crippen molar-refractivity contribution in [3.05, 3.63) is 23.8 Å². The lowest BCUT2D eigenvalue weighted by Crippen LogP contribution is -2.55. The van der Waals surface area contributed by atoms with Crippen molar-refractivity contribution in [1.82, 2.24) is 0 Å². The van der Waals surface area contributed by atoms with E-state index in [4.69, 9.17) is 4.89 Å². The van der Waals surface area contributed by atoms with Gasteiger partial charge in [-0.3, -0.25) is 5.26 Å². The molecule has 0 saturated heterocycles. The van der Waals surface area contributed by atoms with E-state index < -0.39 is 22.7 Å². The molecule has 0 aliphatic heterocycles. The topological polar surface area (TPSA) is 69.9 Å². The van der Waals surface area contributed by atoms with Crippen molar-refractivity contribution < 1.29 is 20.4 Å². The minimum atomic E-state index is -1.13. The maximum atomic E-state index is 10.4. The Bertz CT molecular complexity index is 371. The van der Waals surface area contributed by atoms with Crippen LogP contribution in [-0.4, -0.2) is 32.3 Å². The lowest BCUT2D eigenvalue weighted by molar-refractivity contribution is -0.337. The molecule has 0 radical (unpaired) electrons. The molecule has 3 N–H and O–H groups in total.